The van der Waals surface area contributed by atoms with E-state index < -0.39 is 0 Å². The van der Waals surface area contributed by atoms with Gasteiger partial charge in [0.05, 0.1) is 21.9 Å². The molecule has 182 valence electrons. The Balaban J connectivity index is 1.46. The number of nitrogens with zero attached hydrogens (tertiary/aromatic N) is 1. The second-order valence-corrected chi connectivity index (χ2v) is 11.7. The highest BCUT2D eigenvalue weighted by atomic mass is 79.9. The van der Waals surface area contributed by atoms with Crippen LogP contribution in [0, 0.1) is 0 Å². The van der Waals surface area contributed by atoms with E-state index in [-0.39, 0.29) is 6.10 Å². The third kappa shape index (κ3) is 5.11. The lowest BCUT2D eigenvalue weighted by Gasteiger charge is -2.29. The van der Waals surface area contributed by atoms with Gasteiger partial charge in [0.1, 0.15) is 5.75 Å². The Morgan fingerprint density at radius 1 is 0.944 bits per heavy atom. The summed E-state index contributed by atoms with van der Waals surface area (Å²) in [5, 5.41) is 0. The Morgan fingerprint density at radius 2 is 1.64 bits per heavy atom. The van der Waals surface area contributed by atoms with Crippen LogP contribution < -0.4 is 9.64 Å². The van der Waals surface area contributed by atoms with Gasteiger partial charge < -0.3 is 14.4 Å². The summed E-state index contributed by atoms with van der Waals surface area (Å²) in [5.74, 6) is 0.825. The van der Waals surface area contributed by atoms with Crippen molar-refractivity contribution in [3.63, 3.8) is 0 Å². The van der Waals surface area contributed by atoms with Gasteiger partial charge in [-0.2, -0.15) is 0 Å². The van der Waals surface area contributed by atoms with Gasteiger partial charge in [-0.1, -0.05) is 24.3 Å². The fourth-order valence-electron chi connectivity index (χ4n) is 4.15. The average Bonchev–Trinajstić information content (AvgIpc) is 3.56. The first-order valence-electron chi connectivity index (χ1n) is 11.4. The predicted molar refractivity (Wildman–Crippen MR) is 154 cm³/mol. The van der Waals surface area contributed by atoms with E-state index in [1.54, 1.807) is 36.9 Å². The van der Waals surface area contributed by atoms with Crippen LogP contribution in [-0.2, 0) is 4.74 Å². The Bertz CT molecular complexity index is 1420. The minimum absolute atomic E-state index is 0.102. The van der Waals surface area contributed by atoms with Crippen molar-refractivity contribution in [3.8, 4) is 25.9 Å². The predicted octanol–water partition coefficient (Wildman–Crippen LogP) is 8.72. The number of thiophene rings is 2. The number of benzene rings is 2. The number of halogens is 1. The monoisotopic (exact) mass is 577 g/mol. The summed E-state index contributed by atoms with van der Waals surface area (Å²) in [6.07, 6.45) is 8.27. The van der Waals surface area contributed by atoms with Crippen LogP contribution in [0.15, 0.2) is 94.4 Å². The maximum Gasteiger partial charge on any atom is 0.151 e. The molecule has 4 aromatic rings. The average molecular weight is 579 g/mol. The topological polar surface area (TPSA) is 38.8 Å². The zero-order valence-corrected chi connectivity index (χ0v) is 23.0. The Hall–Kier alpha value is -2.97. The molecule has 2 aromatic heterocycles. The van der Waals surface area contributed by atoms with Gasteiger partial charge in [-0.05, 0) is 88.6 Å². The number of carbonyl (C=O) groups excluding carboxylic acids is 1. The molecular formula is C29H24BrNO3S2. The Kier molecular flexibility index (Phi) is 7.53. The number of methoxy groups -OCH3 is 2. The third-order valence-electron chi connectivity index (χ3n) is 6.03. The first kappa shape index (κ1) is 24.7. The normalized spacial score (nSPS) is 15.0. The van der Waals surface area contributed by atoms with Gasteiger partial charge in [0.15, 0.2) is 6.29 Å². The number of carbonyl (C=O) groups is 1. The number of allylic oxidation sites excluding steroid dienone is 1. The van der Waals surface area contributed by atoms with Crippen molar-refractivity contribution in [2.75, 3.05) is 19.1 Å². The third-order valence-corrected chi connectivity index (χ3v) is 9.00. The largest absolute Gasteiger partial charge is 0.497 e. The van der Waals surface area contributed by atoms with E-state index in [0.29, 0.717) is 0 Å². The number of aldehydes is 1. The van der Waals surface area contributed by atoms with Crippen LogP contribution in [0.5, 0.6) is 5.75 Å². The first-order chi connectivity index (χ1) is 17.6. The zero-order valence-electron chi connectivity index (χ0n) is 19.8. The molecule has 0 spiro atoms. The van der Waals surface area contributed by atoms with Gasteiger partial charge in [0.25, 0.3) is 0 Å². The molecule has 1 unspecified atom stereocenters. The molecule has 1 atom stereocenters. The summed E-state index contributed by atoms with van der Waals surface area (Å²) >= 11 is 6.78. The van der Waals surface area contributed by atoms with Gasteiger partial charge in [0, 0.05) is 39.5 Å². The molecule has 36 heavy (non-hydrogen) atoms. The van der Waals surface area contributed by atoms with E-state index in [1.165, 1.54) is 0 Å². The van der Waals surface area contributed by atoms with Crippen LogP contribution in [0.3, 0.4) is 0 Å². The van der Waals surface area contributed by atoms with Crippen LogP contribution in [0.2, 0.25) is 0 Å². The lowest BCUT2D eigenvalue weighted by atomic mass is 10.1. The summed E-state index contributed by atoms with van der Waals surface area (Å²) in [7, 11) is 3.41. The van der Waals surface area contributed by atoms with Crippen LogP contribution in [0.1, 0.15) is 16.8 Å². The van der Waals surface area contributed by atoms with E-state index in [2.05, 4.69) is 87.6 Å². The summed E-state index contributed by atoms with van der Waals surface area (Å²) in [6, 6.07) is 22.8. The molecule has 0 saturated carbocycles. The molecule has 2 heterocycles. The number of rotatable bonds is 8. The number of anilines is 2. The molecule has 0 radical (unpaired) electrons. The van der Waals surface area contributed by atoms with E-state index in [9.17, 15) is 4.79 Å². The van der Waals surface area contributed by atoms with E-state index in [4.69, 9.17) is 9.47 Å². The molecule has 0 aliphatic heterocycles. The van der Waals surface area contributed by atoms with Crippen molar-refractivity contribution in [1.29, 1.82) is 0 Å². The quantitative estimate of drug-likeness (QED) is 0.196. The molecule has 4 nitrogen and oxygen atoms in total. The molecule has 5 rings (SSSR count). The van der Waals surface area contributed by atoms with Crippen molar-refractivity contribution >= 4 is 56.3 Å². The smallest absolute Gasteiger partial charge is 0.151 e. The van der Waals surface area contributed by atoms with Gasteiger partial charge >= 0.3 is 0 Å². The molecular weight excluding hydrogens is 554 g/mol. The number of hydrogen-bond donors (Lipinski definition) is 0. The zero-order chi connectivity index (χ0) is 25.1. The lowest BCUT2D eigenvalue weighted by Crippen LogP contribution is -2.19. The molecule has 2 aromatic carbocycles. The minimum atomic E-state index is 0.102. The van der Waals surface area contributed by atoms with E-state index in [1.807, 2.05) is 18.2 Å². The van der Waals surface area contributed by atoms with Crippen LogP contribution >= 0.6 is 38.6 Å². The molecule has 7 heteroatoms. The highest BCUT2D eigenvalue weighted by Gasteiger charge is 2.18. The molecule has 0 bridgehead atoms. The van der Waals surface area contributed by atoms with Gasteiger partial charge in [0.2, 0.25) is 0 Å². The van der Waals surface area contributed by atoms with Crippen molar-refractivity contribution in [1.82, 2.24) is 0 Å². The number of hydrogen-bond acceptors (Lipinski definition) is 6. The minimum Gasteiger partial charge on any atom is -0.497 e. The fourth-order valence-corrected chi connectivity index (χ4v) is 6.88. The maximum atomic E-state index is 11.5. The highest BCUT2D eigenvalue weighted by Crippen LogP contribution is 2.42. The molecule has 0 amide bonds. The summed E-state index contributed by atoms with van der Waals surface area (Å²) in [5.41, 5.74) is 5.08. The molecule has 1 aliphatic rings. The van der Waals surface area contributed by atoms with Crippen molar-refractivity contribution < 1.29 is 14.3 Å². The summed E-state index contributed by atoms with van der Waals surface area (Å²) in [6.45, 7) is 0. The summed E-state index contributed by atoms with van der Waals surface area (Å²) < 4.78 is 11.8. The standard InChI is InChI=1S/C29H24BrNO3S2/c1-33-24-11-7-22(8-12-24)31(23-9-13-25(34-2)14-10-23)21-5-3-19(4-6-21)26-15-16-27(35-26)29-20(18-32)17-28(30)36-29/h3-13,15-18,25H,14H2,1-2H3. The second-order valence-electron chi connectivity index (χ2n) is 8.19. The van der Waals surface area contributed by atoms with Gasteiger partial charge in [-0.25, -0.2) is 0 Å². The van der Waals surface area contributed by atoms with Crippen LogP contribution in [0.25, 0.3) is 20.2 Å². The molecule has 0 saturated heterocycles. The van der Waals surface area contributed by atoms with Crippen LogP contribution in [-0.4, -0.2) is 26.6 Å². The Labute approximate surface area is 227 Å². The molecule has 0 fully saturated rings. The van der Waals surface area contributed by atoms with Crippen molar-refractivity contribution in [2.45, 2.75) is 12.5 Å². The highest BCUT2D eigenvalue weighted by molar-refractivity contribution is 9.11. The van der Waals surface area contributed by atoms with Crippen molar-refractivity contribution in [2.24, 2.45) is 0 Å². The summed E-state index contributed by atoms with van der Waals surface area (Å²) in [4.78, 5) is 17.0. The van der Waals surface area contributed by atoms with E-state index in [0.717, 1.165) is 65.1 Å². The lowest BCUT2D eigenvalue weighted by molar-refractivity contribution is 0.112. The Morgan fingerprint density at radius 3 is 2.25 bits per heavy atom. The van der Waals surface area contributed by atoms with Crippen molar-refractivity contribution in [3.05, 3.63) is 100 Å². The van der Waals surface area contributed by atoms with Crippen LogP contribution in [0.4, 0.5) is 11.4 Å². The molecule has 1 aliphatic carbocycles. The van der Waals surface area contributed by atoms with Gasteiger partial charge in [-0.3, -0.25) is 4.79 Å². The first-order valence-corrected chi connectivity index (χ1v) is 13.8. The molecule has 0 N–H and O–H groups in total. The van der Waals surface area contributed by atoms with E-state index >= 15 is 0 Å². The SMILES string of the molecule is COc1ccc(N(C2=CCC(OC)C=C2)c2ccc(-c3ccc(-c4sc(Br)cc4C=O)s3)cc2)cc1. The second kappa shape index (κ2) is 11.0. The number of ether oxygens (including phenoxy) is 2. The fraction of sp³-hybridized carbons (Fsp3) is 0.138. The maximum absolute atomic E-state index is 11.5. The van der Waals surface area contributed by atoms with Gasteiger partial charge in [-0.15, -0.1) is 22.7 Å².